The van der Waals surface area contributed by atoms with Gasteiger partial charge in [-0.25, -0.2) is 4.79 Å². The van der Waals surface area contributed by atoms with Gasteiger partial charge < -0.3 is 15.4 Å². The number of likely N-dealkylation sites (tertiary alicyclic amines) is 2. The van der Waals surface area contributed by atoms with E-state index < -0.39 is 11.7 Å². The highest BCUT2D eigenvalue weighted by atomic mass is 16.6. The first-order valence-corrected chi connectivity index (χ1v) is 11.9. The van der Waals surface area contributed by atoms with Crippen LogP contribution in [0.2, 0.25) is 0 Å². The van der Waals surface area contributed by atoms with E-state index in [1.807, 2.05) is 55.1 Å². The maximum absolute atomic E-state index is 14.0. The van der Waals surface area contributed by atoms with Crippen molar-refractivity contribution in [3.63, 3.8) is 0 Å². The molecule has 2 amide bonds. The molecule has 33 heavy (non-hydrogen) atoms. The second-order valence-electron chi connectivity index (χ2n) is 9.99. The number of nitrogens with two attached hydrogens (primary N) is 1. The average Bonchev–Trinajstić information content (AvgIpc) is 2.78. The second-order valence-corrected chi connectivity index (χ2v) is 9.99. The van der Waals surface area contributed by atoms with Crippen molar-refractivity contribution in [1.82, 2.24) is 9.80 Å². The molecule has 4 rings (SSSR count). The Bertz CT molecular complexity index is 936. The van der Waals surface area contributed by atoms with E-state index in [0.29, 0.717) is 31.3 Å². The van der Waals surface area contributed by atoms with Gasteiger partial charge in [0.05, 0.1) is 0 Å². The van der Waals surface area contributed by atoms with E-state index >= 15 is 0 Å². The molecule has 176 valence electrons. The number of carbonyl (C=O) groups excluding carboxylic acids is 2. The summed E-state index contributed by atoms with van der Waals surface area (Å²) in [6, 6.07) is 20.3. The highest BCUT2D eigenvalue weighted by molar-refractivity contribution is 5.88. The van der Waals surface area contributed by atoms with Gasteiger partial charge in [-0.05, 0) is 29.4 Å². The summed E-state index contributed by atoms with van der Waals surface area (Å²) in [5.74, 6) is 0.501. The SMILES string of the molecule is CC(C)[C@](Cc1ccccc1)(OC(N)=O)C(=O)N1CC2CC(CN(Cc3ccccc3)C2)C1. The fourth-order valence-corrected chi connectivity index (χ4v) is 5.59. The van der Waals surface area contributed by atoms with Crippen molar-refractivity contribution < 1.29 is 14.3 Å². The number of carbonyl (C=O) groups is 2. The van der Waals surface area contributed by atoms with E-state index in [9.17, 15) is 9.59 Å². The van der Waals surface area contributed by atoms with E-state index in [1.165, 1.54) is 5.56 Å². The van der Waals surface area contributed by atoms with E-state index in [4.69, 9.17) is 10.5 Å². The monoisotopic (exact) mass is 449 g/mol. The molecule has 2 heterocycles. The number of piperidine rings is 2. The Morgan fingerprint density at radius 1 is 0.939 bits per heavy atom. The van der Waals surface area contributed by atoms with Crippen molar-refractivity contribution in [2.75, 3.05) is 26.2 Å². The first-order valence-electron chi connectivity index (χ1n) is 11.9. The number of amides is 2. The van der Waals surface area contributed by atoms with Gasteiger partial charge in [-0.2, -0.15) is 0 Å². The fourth-order valence-electron chi connectivity index (χ4n) is 5.59. The van der Waals surface area contributed by atoms with Crippen molar-refractivity contribution in [2.45, 2.75) is 38.8 Å². The van der Waals surface area contributed by atoms with Crippen molar-refractivity contribution in [1.29, 1.82) is 0 Å². The molecule has 6 nitrogen and oxygen atoms in total. The lowest BCUT2D eigenvalue weighted by Crippen LogP contribution is -2.62. The van der Waals surface area contributed by atoms with Crippen LogP contribution in [0.25, 0.3) is 0 Å². The van der Waals surface area contributed by atoms with Crippen LogP contribution in [-0.2, 0) is 22.5 Å². The van der Waals surface area contributed by atoms with Gasteiger partial charge in [-0.3, -0.25) is 9.69 Å². The Balaban J connectivity index is 1.51. The number of nitrogens with zero attached hydrogens (tertiary/aromatic N) is 2. The minimum Gasteiger partial charge on any atom is -0.432 e. The number of fused-ring (bicyclic) bond motifs is 2. The third-order valence-corrected chi connectivity index (χ3v) is 7.08. The molecule has 2 unspecified atom stereocenters. The lowest BCUT2D eigenvalue weighted by atomic mass is 9.79. The Labute approximate surface area is 196 Å². The summed E-state index contributed by atoms with van der Waals surface area (Å²) in [4.78, 5) is 30.4. The molecular formula is C27H35N3O3. The molecule has 3 atom stereocenters. The lowest BCUT2D eigenvalue weighted by molar-refractivity contribution is -0.160. The first kappa shape index (κ1) is 23.3. The predicted octanol–water partition coefficient (Wildman–Crippen LogP) is 3.70. The van der Waals surface area contributed by atoms with Crippen LogP contribution >= 0.6 is 0 Å². The van der Waals surface area contributed by atoms with Crippen molar-refractivity contribution >= 4 is 12.0 Å². The summed E-state index contributed by atoms with van der Waals surface area (Å²) in [5.41, 5.74) is 6.45. The summed E-state index contributed by atoms with van der Waals surface area (Å²) in [7, 11) is 0. The van der Waals surface area contributed by atoms with Gasteiger partial charge in [0.15, 0.2) is 5.60 Å². The predicted molar refractivity (Wildman–Crippen MR) is 128 cm³/mol. The summed E-state index contributed by atoms with van der Waals surface area (Å²) >= 11 is 0. The third-order valence-electron chi connectivity index (χ3n) is 7.08. The summed E-state index contributed by atoms with van der Waals surface area (Å²) in [5, 5.41) is 0. The fraction of sp³-hybridized carbons (Fsp3) is 0.481. The minimum atomic E-state index is -1.30. The number of hydrogen-bond acceptors (Lipinski definition) is 4. The van der Waals surface area contributed by atoms with Crippen LogP contribution in [0, 0.1) is 17.8 Å². The molecule has 0 aromatic heterocycles. The summed E-state index contributed by atoms with van der Waals surface area (Å²) < 4.78 is 5.68. The van der Waals surface area contributed by atoms with Gasteiger partial charge in [0.2, 0.25) is 0 Å². The van der Waals surface area contributed by atoms with Crippen LogP contribution in [0.3, 0.4) is 0 Å². The largest absolute Gasteiger partial charge is 0.432 e. The second kappa shape index (κ2) is 9.96. The Kier molecular flexibility index (Phi) is 7.03. The highest BCUT2D eigenvalue weighted by Gasteiger charge is 2.49. The van der Waals surface area contributed by atoms with Crippen LogP contribution in [-0.4, -0.2) is 53.6 Å². The van der Waals surface area contributed by atoms with Crippen LogP contribution in [0.15, 0.2) is 60.7 Å². The zero-order valence-corrected chi connectivity index (χ0v) is 19.7. The first-order chi connectivity index (χ1) is 15.9. The molecule has 2 aromatic carbocycles. The molecule has 2 aliphatic rings. The number of rotatable bonds is 7. The van der Waals surface area contributed by atoms with E-state index in [1.54, 1.807) is 0 Å². The van der Waals surface area contributed by atoms with Gasteiger partial charge in [0.1, 0.15) is 0 Å². The van der Waals surface area contributed by atoms with Crippen molar-refractivity contribution in [3.05, 3.63) is 71.8 Å². The molecule has 6 heteroatoms. The Morgan fingerprint density at radius 3 is 2.00 bits per heavy atom. The summed E-state index contributed by atoms with van der Waals surface area (Å²) in [6.07, 6.45) is 0.553. The van der Waals surface area contributed by atoms with Crippen LogP contribution in [0.1, 0.15) is 31.4 Å². The van der Waals surface area contributed by atoms with Crippen LogP contribution in [0.5, 0.6) is 0 Å². The molecule has 0 radical (unpaired) electrons. The topological polar surface area (TPSA) is 75.9 Å². The van der Waals surface area contributed by atoms with E-state index in [2.05, 4.69) is 29.2 Å². The molecule has 0 spiro atoms. The minimum absolute atomic E-state index is 0.119. The normalized spacial score (nSPS) is 22.6. The Hall–Kier alpha value is -2.86. The molecule has 2 aromatic rings. The number of hydrogen-bond donors (Lipinski definition) is 1. The molecule has 2 N–H and O–H groups in total. The molecule has 2 fully saturated rings. The lowest BCUT2D eigenvalue weighted by Gasteiger charge is -2.48. The zero-order valence-electron chi connectivity index (χ0n) is 19.7. The van der Waals surface area contributed by atoms with E-state index in [-0.39, 0.29) is 11.8 Å². The zero-order chi connectivity index (χ0) is 23.4. The molecule has 2 aliphatic heterocycles. The maximum Gasteiger partial charge on any atom is 0.405 e. The van der Waals surface area contributed by atoms with Crippen LogP contribution < -0.4 is 5.73 Å². The summed E-state index contributed by atoms with van der Waals surface area (Å²) in [6.45, 7) is 8.11. The van der Waals surface area contributed by atoms with E-state index in [0.717, 1.165) is 31.6 Å². The standard InChI is InChI=1S/C27H35N3O3/c1-20(2)27(33-26(28)32,14-21-9-5-3-6-10-21)25(31)30-18-23-13-24(19-30)17-29(16-23)15-22-11-7-4-8-12-22/h3-12,20,23-24H,13-19H2,1-2H3,(H2,28,32)/t23?,24?,27-/m0/s1. The molecule has 2 bridgehead atoms. The molecular weight excluding hydrogens is 414 g/mol. The van der Waals surface area contributed by atoms with Crippen molar-refractivity contribution in [3.8, 4) is 0 Å². The van der Waals surface area contributed by atoms with Gasteiger partial charge in [0.25, 0.3) is 5.91 Å². The van der Waals surface area contributed by atoms with Crippen molar-refractivity contribution in [2.24, 2.45) is 23.5 Å². The third kappa shape index (κ3) is 5.38. The molecule has 2 saturated heterocycles. The number of primary amides is 1. The van der Waals surface area contributed by atoms with Gasteiger partial charge in [0, 0.05) is 45.1 Å². The maximum atomic E-state index is 14.0. The van der Waals surface area contributed by atoms with Gasteiger partial charge in [-0.15, -0.1) is 0 Å². The molecule has 0 aliphatic carbocycles. The quantitative estimate of drug-likeness (QED) is 0.699. The smallest absolute Gasteiger partial charge is 0.405 e. The number of ether oxygens (including phenoxy) is 1. The molecule has 0 saturated carbocycles. The Morgan fingerprint density at radius 2 is 1.48 bits per heavy atom. The van der Waals surface area contributed by atoms with Gasteiger partial charge >= 0.3 is 6.09 Å². The average molecular weight is 450 g/mol. The van der Waals surface area contributed by atoms with Crippen LogP contribution in [0.4, 0.5) is 4.79 Å². The highest BCUT2D eigenvalue weighted by Crippen LogP contribution is 2.35. The number of benzene rings is 2. The van der Waals surface area contributed by atoms with Gasteiger partial charge in [-0.1, -0.05) is 74.5 Å².